The Morgan fingerprint density at radius 1 is 0.846 bits per heavy atom. The summed E-state index contributed by atoms with van der Waals surface area (Å²) in [5, 5.41) is 4.39. The van der Waals surface area contributed by atoms with Crippen LogP contribution in [0.3, 0.4) is 0 Å². The number of para-hydroxylation sites is 1. The minimum atomic E-state index is 0.619. The van der Waals surface area contributed by atoms with Gasteiger partial charge in [-0.2, -0.15) is 0 Å². The van der Waals surface area contributed by atoms with Gasteiger partial charge in [0.25, 0.3) is 0 Å². The molecule has 2 aromatic heterocycles. The molecule has 0 radical (unpaired) electrons. The minimum Gasteiger partial charge on any atom is -0.396 e. The van der Waals surface area contributed by atoms with Crippen LogP contribution in [-0.2, 0) is 0 Å². The predicted octanol–water partition coefficient (Wildman–Crippen LogP) is 5.13. The molecule has 0 saturated carbocycles. The highest BCUT2D eigenvalue weighted by atomic mass is 15.0. The maximum absolute atomic E-state index is 5.94. The number of rotatable bonds is 4. The molecule has 0 saturated heterocycles. The zero-order valence-electron chi connectivity index (χ0n) is 14.1. The quantitative estimate of drug-likeness (QED) is 0.542. The number of nitrogens with two attached hydrogens (primary N) is 1. The van der Waals surface area contributed by atoms with Crippen LogP contribution in [0.1, 0.15) is 11.3 Å². The molecule has 2 heterocycles. The number of nitrogens with zero attached hydrogens (tertiary/aromatic N) is 2. The number of hydrogen-bond donors (Lipinski definition) is 2. The van der Waals surface area contributed by atoms with Crippen LogP contribution < -0.4 is 11.1 Å². The number of hydrogen-bond acceptors (Lipinski definition) is 4. The molecule has 0 fully saturated rings. The minimum absolute atomic E-state index is 0.619. The van der Waals surface area contributed by atoms with Crippen molar-refractivity contribution >= 4 is 40.2 Å². The van der Waals surface area contributed by atoms with E-state index in [-0.39, 0.29) is 0 Å². The van der Waals surface area contributed by atoms with Crippen LogP contribution in [0.2, 0.25) is 0 Å². The van der Waals surface area contributed by atoms with Gasteiger partial charge in [-0.15, -0.1) is 0 Å². The summed E-state index contributed by atoms with van der Waals surface area (Å²) in [5.74, 6) is 0.657. The number of nitrogens with one attached hydrogen (secondary N) is 1. The SMILES string of the molecule is Nc1cccnc1Nc1cccc(/C=C/c2ccc3ccccc3n2)c1. The average Bonchev–Trinajstić information content (AvgIpc) is 2.68. The van der Waals surface area contributed by atoms with Crippen molar-refractivity contribution in [2.24, 2.45) is 0 Å². The van der Waals surface area contributed by atoms with E-state index >= 15 is 0 Å². The van der Waals surface area contributed by atoms with Gasteiger partial charge in [0.1, 0.15) is 0 Å². The van der Waals surface area contributed by atoms with Gasteiger partial charge in [0.05, 0.1) is 16.9 Å². The Morgan fingerprint density at radius 3 is 2.69 bits per heavy atom. The molecule has 0 bridgehead atoms. The largest absolute Gasteiger partial charge is 0.396 e. The van der Waals surface area contributed by atoms with E-state index in [0.29, 0.717) is 11.5 Å². The first kappa shape index (κ1) is 15.8. The van der Waals surface area contributed by atoms with Crippen molar-refractivity contribution in [2.45, 2.75) is 0 Å². The molecule has 3 N–H and O–H groups in total. The number of pyridine rings is 2. The molecule has 0 aliphatic heterocycles. The maximum atomic E-state index is 5.94. The molecule has 26 heavy (non-hydrogen) atoms. The third-order valence-corrected chi connectivity index (χ3v) is 4.05. The summed E-state index contributed by atoms with van der Waals surface area (Å²) >= 11 is 0. The van der Waals surface area contributed by atoms with Gasteiger partial charge in [0, 0.05) is 17.3 Å². The molecule has 0 aliphatic carbocycles. The lowest BCUT2D eigenvalue weighted by atomic mass is 10.1. The topological polar surface area (TPSA) is 63.8 Å². The molecule has 4 rings (SSSR count). The van der Waals surface area contributed by atoms with Gasteiger partial charge in [-0.1, -0.05) is 42.5 Å². The number of aromatic nitrogens is 2. The molecule has 126 valence electrons. The first-order valence-corrected chi connectivity index (χ1v) is 8.39. The Bertz CT molecular complexity index is 1090. The van der Waals surface area contributed by atoms with Gasteiger partial charge in [0.2, 0.25) is 0 Å². The molecular weight excluding hydrogens is 320 g/mol. The monoisotopic (exact) mass is 338 g/mol. The lowest BCUT2D eigenvalue weighted by molar-refractivity contribution is 1.31. The standard InChI is InChI=1S/C22H18N4/c23-20-8-4-14-24-22(20)26-19-7-3-5-16(15-19)10-12-18-13-11-17-6-1-2-9-21(17)25-18/h1-15H,23H2,(H,24,26)/b12-10+. The maximum Gasteiger partial charge on any atom is 0.153 e. The summed E-state index contributed by atoms with van der Waals surface area (Å²) in [4.78, 5) is 8.92. The number of nitrogen functional groups attached to an aromatic ring is 1. The first-order chi connectivity index (χ1) is 12.8. The van der Waals surface area contributed by atoms with E-state index in [4.69, 9.17) is 5.73 Å². The van der Waals surface area contributed by atoms with E-state index in [1.54, 1.807) is 6.20 Å². The van der Waals surface area contributed by atoms with Crippen LogP contribution in [0.4, 0.5) is 17.2 Å². The highest BCUT2D eigenvalue weighted by Gasteiger charge is 2.00. The van der Waals surface area contributed by atoms with Crippen molar-refractivity contribution in [2.75, 3.05) is 11.1 Å². The van der Waals surface area contributed by atoms with E-state index in [9.17, 15) is 0 Å². The Hall–Kier alpha value is -3.66. The van der Waals surface area contributed by atoms with Gasteiger partial charge >= 0.3 is 0 Å². The van der Waals surface area contributed by atoms with Crippen LogP contribution in [0.5, 0.6) is 0 Å². The highest BCUT2D eigenvalue weighted by Crippen LogP contribution is 2.21. The van der Waals surface area contributed by atoms with E-state index in [0.717, 1.165) is 27.8 Å². The Balaban J connectivity index is 1.56. The molecule has 0 amide bonds. The van der Waals surface area contributed by atoms with Crippen molar-refractivity contribution < 1.29 is 0 Å². The van der Waals surface area contributed by atoms with E-state index in [1.807, 2.05) is 72.8 Å². The van der Waals surface area contributed by atoms with E-state index < -0.39 is 0 Å². The van der Waals surface area contributed by atoms with Gasteiger partial charge < -0.3 is 11.1 Å². The van der Waals surface area contributed by atoms with Crippen LogP contribution in [0, 0.1) is 0 Å². The van der Waals surface area contributed by atoms with Crippen LogP contribution in [0.25, 0.3) is 23.1 Å². The van der Waals surface area contributed by atoms with Gasteiger partial charge in [-0.25, -0.2) is 9.97 Å². The molecule has 4 nitrogen and oxygen atoms in total. The average molecular weight is 338 g/mol. The fourth-order valence-corrected chi connectivity index (χ4v) is 2.74. The van der Waals surface area contributed by atoms with Crippen molar-refractivity contribution in [1.82, 2.24) is 9.97 Å². The van der Waals surface area contributed by atoms with Crippen molar-refractivity contribution in [3.8, 4) is 0 Å². The highest BCUT2D eigenvalue weighted by molar-refractivity contribution is 5.81. The number of benzene rings is 2. The fraction of sp³-hybridized carbons (Fsp3) is 0. The first-order valence-electron chi connectivity index (χ1n) is 8.39. The van der Waals surface area contributed by atoms with Crippen LogP contribution in [0.15, 0.2) is 79.0 Å². The summed E-state index contributed by atoms with van der Waals surface area (Å²) in [5.41, 5.74) is 10.5. The Kier molecular flexibility index (Phi) is 4.31. The van der Waals surface area contributed by atoms with Crippen molar-refractivity contribution in [3.05, 3.63) is 90.3 Å². The summed E-state index contributed by atoms with van der Waals surface area (Å²) in [6, 6.07) is 23.9. The molecule has 0 atom stereocenters. The number of anilines is 3. The Labute approximate surface area is 152 Å². The summed E-state index contributed by atoms with van der Waals surface area (Å²) in [6.45, 7) is 0. The smallest absolute Gasteiger partial charge is 0.153 e. The van der Waals surface area contributed by atoms with Gasteiger partial charge in [-0.3, -0.25) is 0 Å². The number of fused-ring (bicyclic) bond motifs is 1. The summed E-state index contributed by atoms with van der Waals surface area (Å²) < 4.78 is 0. The second-order valence-electron chi connectivity index (χ2n) is 5.95. The third kappa shape index (κ3) is 3.54. The van der Waals surface area contributed by atoms with Gasteiger partial charge in [-0.05, 0) is 48.0 Å². The zero-order valence-corrected chi connectivity index (χ0v) is 14.1. The summed E-state index contributed by atoms with van der Waals surface area (Å²) in [6.07, 6.45) is 5.78. The third-order valence-electron chi connectivity index (χ3n) is 4.05. The summed E-state index contributed by atoms with van der Waals surface area (Å²) in [7, 11) is 0. The van der Waals surface area contributed by atoms with Crippen molar-refractivity contribution in [3.63, 3.8) is 0 Å². The van der Waals surface area contributed by atoms with Crippen LogP contribution in [-0.4, -0.2) is 9.97 Å². The molecule has 0 unspecified atom stereocenters. The molecule has 0 aliphatic rings. The lowest BCUT2D eigenvalue weighted by Crippen LogP contribution is -1.98. The molecule has 2 aromatic carbocycles. The van der Waals surface area contributed by atoms with E-state index in [1.165, 1.54) is 0 Å². The Morgan fingerprint density at radius 2 is 1.77 bits per heavy atom. The normalized spacial score (nSPS) is 11.1. The van der Waals surface area contributed by atoms with Crippen LogP contribution >= 0.6 is 0 Å². The van der Waals surface area contributed by atoms with E-state index in [2.05, 4.69) is 27.4 Å². The second-order valence-corrected chi connectivity index (χ2v) is 5.95. The zero-order chi connectivity index (χ0) is 17.8. The molecule has 4 heteroatoms. The van der Waals surface area contributed by atoms with Crippen molar-refractivity contribution in [1.29, 1.82) is 0 Å². The molecular formula is C22H18N4. The predicted molar refractivity (Wildman–Crippen MR) is 109 cm³/mol. The van der Waals surface area contributed by atoms with Gasteiger partial charge in [0.15, 0.2) is 5.82 Å². The lowest BCUT2D eigenvalue weighted by Gasteiger charge is -2.08. The fourth-order valence-electron chi connectivity index (χ4n) is 2.74. The second kappa shape index (κ2) is 7.07. The molecule has 0 spiro atoms. The molecule has 4 aromatic rings.